The van der Waals surface area contributed by atoms with Gasteiger partial charge in [0.2, 0.25) is 0 Å². The number of hydrogen-bond acceptors (Lipinski definition) is 13. The summed E-state index contributed by atoms with van der Waals surface area (Å²) < 4.78 is 55.4. The third-order valence-electron chi connectivity index (χ3n) is 9.38. The second kappa shape index (κ2) is 31.7. The summed E-state index contributed by atoms with van der Waals surface area (Å²) in [5.74, 6) is 5.18. The maximum absolute atomic E-state index is 6.31. The molecule has 0 aromatic carbocycles. The smallest absolute Gasteiger partial charge is 0.374 e. The van der Waals surface area contributed by atoms with Gasteiger partial charge in [0.1, 0.15) is 0 Å². The summed E-state index contributed by atoms with van der Waals surface area (Å²) in [5, 5.41) is 0. The molecule has 0 N–H and O–H groups in total. The van der Waals surface area contributed by atoms with Gasteiger partial charge in [-0.25, -0.2) is 0 Å². The summed E-state index contributed by atoms with van der Waals surface area (Å²) in [4.78, 5) is 0. The largest absolute Gasteiger partial charge is 0.500 e. The Labute approximate surface area is 339 Å². The first kappa shape index (κ1) is 51.7. The summed E-state index contributed by atoms with van der Waals surface area (Å²) in [6.07, 6.45) is 11.0. The first-order valence-corrected chi connectivity index (χ1v) is 31.3. The van der Waals surface area contributed by atoms with Crippen molar-refractivity contribution in [2.45, 2.75) is 138 Å². The van der Waals surface area contributed by atoms with Crippen molar-refractivity contribution < 1.29 is 39.8 Å². The SMILES string of the molecule is CCO[Si](CCCSSCCC1(CCSSCCC[Si](OCC)(OCC)OCC)CCCCC1CC[Si](OCC)(OCC)OCC)(OCC)OCC. The lowest BCUT2D eigenvalue weighted by Gasteiger charge is -2.46. The molecular formula is C36H78O9S4Si3. The number of rotatable bonds is 37. The Balaban J connectivity index is 2.90. The lowest BCUT2D eigenvalue weighted by Crippen LogP contribution is -2.47. The van der Waals surface area contributed by atoms with Crippen LogP contribution in [0.3, 0.4) is 0 Å². The lowest BCUT2D eigenvalue weighted by atomic mass is 9.62. The molecule has 0 aromatic rings. The van der Waals surface area contributed by atoms with Crippen LogP contribution in [-0.4, -0.2) is 109 Å². The normalized spacial score (nSPS) is 16.9. The van der Waals surface area contributed by atoms with Gasteiger partial charge in [0, 0.05) is 101 Å². The molecule has 1 aliphatic rings. The van der Waals surface area contributed by atoms with Gasteiger partial charge in [-0.05, 0) is 119 Å². The van der Waals surface area contributed by atoms with Crippen LogP contribution in [0.2, 0.25) is 18.1 Å². The second-order valence-electron chi connectivity index (χ2n) is 12.8. The van der Waals surface area contributed by atoms with Gasteiger partial charge in [-0.2, -0.15) is 0 Å². The Morgan fingerprint density at radius 2 is 0.769 bits per heavy atom. The third kappa shape index (κ3) is 19.9. The summed E-state index contributed by atoms with van der Waals surface area (Å²) in [5.41, 5.74) is 0.339. The maximum Gasteiger partial charge on any atom is 0.500 e. The van der Waals surface area contributed by atoms with Crippen LogP contribution >= 0.6 is 43.2 Å². The van der Waals surface area contributed by atoms with Gasteiger partial charge in [0.05, 0.1) is 0 Å². The van der Waals surface area contributed by atoms with Crippen LogP contribution in [0.5, 0.6) is 0 Å². The van der Waals surface area contributed by atoms with Crippen LogP contribution < -0.4 is 0 Å². The Morgan fingerprint density at radius 1 is 0.442 bits per heavy atom. The van der Waals surface area contributed by atoms with E-state index in [2.05, 4.69) is 42.4 Å². The van der Waals surface area contributed by atoms with Crippen LogP contribution in [0.15, 0.2) is 0 Å². The van der Waals surface area contributed by atoms with Crippen LogP contribution in [0.25, 0.3) is 0 Å². The summed E-state index contributed by atoms with van der Waals surface area (Å²) in [6.45, 7) is 24.1. The molecule has 0 aliphatic heterocycles. The van der Waals surface area contributed by atoms with E-state index in [-0.39, 0.29) is 0 Å². The fourth-order valence-electron chi connectivity index (χ4n) is 7.39. The predicted octanol–water partition coefficient (Wildman–Crippen LogP) is 11.0. The molecule has 52 heavy (non-hydrogen) atoms. The standard InChI is InChI=1S/C36H78O9S4Si3/c1-10-37-50(38-11-2,39-12-3)32-21-28-46-48-30-26-36(27-31-49-47-29-22-33-51(40-13-4,41-14-5)42-15-6)25-20-19-23-35(36)24-34-52(43-16-7,44-17-8)45-18-9/h35H,10-34H2,1-9H3. The minimum absolute atomic E-state index is 0.339. The highest BCUT2D eigenvalue weighted by Crippen LogP contribution is 2.51. The summed E-state index contributed by atoms with van der Waals surface area (Å²) in [6, 6.07) is 2.68. The zero-order valence-corrected chi connectivity index (χ0v) is 40.8. The highest BCUT2D eigenvalue weighted by atomic mass is 33.1. The van der Waals surface area contributed by atoms with Crippen molar-refractivity contribution in [3.05, 3.63) is 0 Å². The molecule has 1 aliphatic carbocycles. The monoisotopic (exact) mass is 866 g/mol. The fraction of sp³-hybridized carbons (Fsp3) is 1.00. The van der Waals surface area contributed by atoms with Gasteiger partial charge < -0.3 is 39.8 Å². The molecule has 1 fully saturated rings. The Bertz CT molecular complexity index is 753. The minimum Gasteiger partial charge on any atom is -0.374 e. The Kier molecular flexibility index (Phi) is 31.5. The summed E-state index contributed by atoms with van der Waals surface area (Å²) >= 11 is 0. The van der Waals surface area contributed by atoms with E-state index in [1.807, 2.05) is 63.1 Å². The van der Waals surface area contributed by atoms with E-state index in [0.29, 0.717) is 70.8 Å². The van der Waals surface area contributed by atoms with E-state index in [9.17, 15) is 0 Å². The fourth-order valence-corrected chi connectivity index (χ4v) is 20.4. The zero-order chi connectivity index (χ0) is 38.4. The molecule has 0 spiro atoms. The van der Waals surface area contributed by atoms with E-state index in [1.54, 1.807) is 0 Å². The molecule has 0 radical (unpaired) electrons. The van der Waals surface area contributed by atoms with E-state index < -0.39 is 26.4 Å². The molecule has 0 saturated heterocycles. The van der Waals surface area contributed by atoms with Crippen molar-refractivity contribution in [2.24, 2.45) is 11.3 Å². The number of hydrogen-bond donors (Lipinski definition) is 0. The van der Waals surface area contributed by atoms with Gasteiger partial charge in [-0.15, -0.1) is 0 Å². The minimum atomic E-state index is -2.69. The molecular weight excluding hydrogens is 789 g/mol. The predicted molar refractivity (Wildman–Crippen MR) is 234 cm³/mol. The van der Waals surface area contributed by atoms with E-state index in [0.717, 1.165) is 48.9 Å². The van der Waals surface area contributed by atoms with Gasteiger partial charge in [0.15, 0.2) is 0 Å². The van der Waals surface area contributed by atoms with E-state index >= 15 is 0 Å². The van der Waals surface area contributed by atoms with Gasteiger partial charge in [-0.1, -0.05) is 56.0 Å². The summed E-state index contributed by atoms with van der Waals surface area (Å²) in [7, 11) is 0.276. The molecule has 1 rings (SSSR count). The molecule has 16 heteroatoms. The molecule has 0 aromatic heterocycles. The van der Waals surface area contributed by atoms with Gasteiger partial charge in [-0.3, -0.25) is 0 Å². The first-order chi connectivity index (χ1) is 25.3. The quantitative estimate of drug-likeness (QED) is 0.0338. The molecule has 0 bridgehead atoms. The van der Waals surface area contributed by atoms with Crippen LogP contribution in [0.1, 0.15) is 120 Å². The second-order valence-corrected chi connectivity index (χ2v) is 26.4. The topological polar surface area (TPSA) is 83.1 Å². The molecule has 1 atom stereocenters. The molecule has 0 amide bonds. The average molecular weight is 868 g/mol. The van der Waals surface area contributed by atoms with Crippen LogP contribution in [0.4, 0.5) is 0 Å². The molecule has 0 heterocycles. The van der Waals surface area contributed by atoms with Crippen molar-refractivity contribution in [2.75, 3.05) is 82.5 Å². The van der Waals surface area contributed by atoms with Crippen molar-refractivity contribution in [3.63, 3.8) is 0 Å². The van der Waals surface area contributed by atoms with Crippen molar-refractivity contribution >= 4 is 69.6 Å². The molecule has 1 saturated carbocycles. The maximum atomic E-state index is 6.31. The molecule has 9 nitrogen and oxygen atoms in total. The van der Waals surface area contributed by atoms with E-state index in [1.165, 1.54) is 50.0 Å². The van der Waals surface area contributed by atoms with Crippen molar-refractivity contribution in [3.8, 4) is 0 Å². The molecule has 312 valence electrons. The first-order valence-electron chi connectivity index (χ1n) is 20.5. The highest BCUT2D eigenvalue weighted by molar-refractivity contribution is 8.77. The average Bonchev–Trinajstić information content (AvgIpc) is 3.11. The van der Waals surface area contributed by atoms with Crippen molar-refractivity contribution in [1.29, 1.82) is 0 Å². The molecule has 1 unspecified atom stereocenters. The zero-order valence-electron chi connectivity index (χ0n) is 34.6. The van der Waals surface area contributed by atoms with Crippen LogP contribution in [-0.2, 0) is 39.8 Å². The highest BCUT2D eigenvalue weighted by Gasteiger charge is 2.45. The third-order valence-corrected chi connectivity index (χ3v) is 23.8. The van der Waals surface area contributed by atoms with Gasteiger partial charge in [0.25, 0.3) is 0 Å². The lowest BCUT2D eigenvalue weighted by molar-refractivity contribution is 0.0536. The Hall–Kier alpha value is 1.69. The van der Waals surface area contributed by atoms with Crippen molar-refractivity contribution in [1.82, 2.24) is 0 Å². The van der Waals surface area contributed by atoms with Gasteiger partial charge >= 0.3 is 26.4 Å². The Morgan fingerprint density at radius 3 is 1.12 bits per heavy atom. The van der Waals surface area contributed by atoms with Crippen LogP contribution in [0, 0.1) is 11.3 Å². The van der Waals surface area contributed by atoms with E-state index in [4.69, 9.17) is 39.8 Å².